The second-order valence-electron chi connectivity index (χ2n) is 5.67. The van der Waals surface area contributed by atoms with Crippen LogP contribution < -0.4 is 0 Å². The highest BCUT2D eigenvalue weighted by Gasteiger charge is 2.28. The van der Waals surface area contributed by atoms with Gasteiger partial charge in [-0.25, -0.2) is 0 Å². The van der Waals surface area contributed by atoms with Crippen molar-refractivity contribution >= 4 is 0 Å². The van der Waals surface area contributed by atoms with Gasteiger partial charge in [-0.3, -0.25) is 9.58 Å². The summed E-state index contributed by atoms with van der Waals surface area (Å²) in [6.07, 6.45) is 2.11. The number of nitrogens with zero attached hydrogens (tertiary/aromatic N) is 4. The van der Waals surface area contributed by atoms with E-state index in [0.29, 0.717) is 5.92 Å². The molecule has 0 N–H and O–H groups in total. The number of aromatic nitrogens is 3. The quantitative estimate of drug-likeness (QED) is 0.841. The van der Waals surface area contributed by atoms with Crippen LogP contribution in [0, 0.1) is 6.92 Å². The molecule has 0 unspecified atom stereocenters. The van der Waals surface area contributed by atoms with E-state index in [4.69, 9.17) is 9.26 Å². The molecule has 1 atom stereocenters. The molecule has 0 radical (unpaired) electrons. The van der Waals surface area contributed by atoms with Gasteiger partial charge in [0.15, 0.2) is 0 Å². The monoisotopic (exact) mass is 290 g/mol. The molecule has 6 heteroatoms. The van der Waals surface area contributed by atoms with E-state index in [0.717, 1.165) is 44.3 Å². The Labute approximate surface area is 124 Å². The van der Waals surface area contributed by atoms with Crippen molar-refractivity contribution in [3.63, 3.8) is 0 Å². The molecule has 1 aliphatic heterocycles. The Balaban J connectivity index is 1.76. The molecular formula is C15H22N4O2. The fourth-order valence-corrected chi connectivity index (χ4v) is 2.96. The van der Waals surface area contributed by atoms with Crippen molar-refractivity contribution in [3.8, 4) is 0 Å². The third-order valence-corrected chi connectivity index (χ3v) is 3.78. The second kappa shape index (κ2) is 5.99. The number of hydrogen-bond donors (Lipinski definition) is 0. The van der Waals surface area contributed by atoms with E-state index >= 15 is 0 Å². The van der Waals surface area contributed by atoms with Crippen LogP contribution in [0.5, 0.6) is 0 Å². The highest BCUT2D eigenvalue weighted by atomic mass is 16.5. The van der Waals surface area contributed by atoms with Crippen LogP contribution in [0.1, 0.15) is 35.6 Å². The van der Waals surface area contributed by atoms with Crippen LogP contribution in [0.25, 0.3) is 0 Å². The molecule has 1 aliphatic rings. The van der Waals surface area contributed by atoms with E-state index in [2.05, 4.69) is 21.4 Å². The minimum atomic E-state index is 0.322. The van der Waals surface area contributed by atoms with Crippen molar-refractivity contribution in [1.82, 2.24) is 19.8 Å². The van der Waals surface area contributed by atoms with Crippen LogP contribution in [0.4, 0.5) is 0 Å². The summed E-state index contributed by atoms with van der Waals surface area (Å²) in [6, 6.07) is 2.00. The standard InChI is InChI=1S/C15H22N4O2/c1-4-20-10-13-8-19(9-14-5-11(2)21-17-14)7-12-6-18(3)16-15(12)13/h5-6,13H,4,7-10H2,1-3H3/t13-/m0/s1. The van der Waals surface area contributed by atoms with Crippen LogP contribution in [0.3, 0.4) is 0 Å². The van der Waals surface area contributed by atoms with E-state index in [-0.39, 0.29) is 0 Å². The van der Waals surface area contributed by atoms with Crippen molar-refractivity contribution in [2.45, 2.75) is 32.9 Å². The maximum atomic E-state index is 5.63. The van der Waals surface area contributed by atoms with Gasteiger partial charge in [-0.05, 0) is 13.8 Å². The first-order valence-corrected chi connectivity index (χ1v) is 7.40. The van der Waals surface area contributed by atoms with Gasteiger partial charge >= 0.3 is 0 Å². The topological polar surface area (TPSA) is 56.3 Å². The largest absolute Gasteiger partial charge is 0.381 e. The van der Waals surface area contributed by atoms with Crippen LogP contribution >= 0.6 is 0 Å². The maximum Gasteiger partial charge on any atom is 0.133 e. The Morgan fingerprint density at radius 2 is 2.33 bits per heavy atom. The molecule has 6 nitrogen and oxygen atoms in total. The molecule has 2 aromatic heterocycles. The lowest BCUT2D eigenvalue weighted by Gasteiger charge is -2.31. The fourth-order valence-electron chi connectivity index (χ4n) is 2.96. The molecule has 0 saturated heterocycles. The molecule has 0 fully saturated rings. The molecule has 3 heterocycles. The zero-order valence-electron chi connectivity index (χ0n) is 12.9. The molecule has 0 spiro atoms. The van der Waals surface area contributed by atoms with E-state index in [1.165, 1.54) is 11.3 Å². The lowest BCUT2D eigenvalue weighted by Crippen LogP contribution is -2.35. The summed E-state index contributed by atoms with van der Waals surface area (Å²) in [5.74, 6) is 1.18. The van der Waals surface area contributed by atoms with Gasteiger partial charge in [-0.1, -0.05) is 5.16 Å². The summed E-state index contributed by atoms with van der Waals surface area (Å²) in [7, 11) is 1.97. The third kappa shape index (κ3) is 3.16. The van der Waals surface area contributed by atoms with Crippen molar-refractivity contribution in [3.05, 3.63) is 35.0 Å². The summed E-state index contributed by atoms with van der Waals surface area (Å²) >= 11 is 0. The predicted octanol–water partition coefficient (Wildman–Crippen LogP) is 1.85. The molecule has 0 aromatic carbocycles. The Morgan fingerprint density at radius 1 is 1.48 bits per heavy atom. The molecule has 3 rings (SSSR count). The van der Waals surface area contributed by atoms with E-state index < -0.39 is 0 Å². The number of ether oxygens (including phenoxy) is 1. The average molecular weight is 290 g/mol. The molecule has 0 aliphatic carbocycles. The summed E-state index contributed by atoms with van der Waals surface area (Å²) in [4.78, 5) is 2.38. The zero-order valence-corrected chi connectivity index (χ0v) is 12.9. The fraction of sp³-hybridized carbons (Fsp3) is 0.600. The Morgan fingerprint density at radius 3 is 3.05 bits per heavy atom. The molecule has 2 aromatic rings. The second-order valence-corrected chi connectivity index (χ2v) is 5.67. The maximum absolute atomic E-state index is 5.63. The Kier molecular flexibility index (Phi) is 4.07. The molecule has 114 valence electrons. The van der Waals surface area contributed by atoms with Gasteiger partial charge in [-0.15, -0.1) is 0 Å². The lowest BCUT2D eigenvalue weighted by molar-refractivity contribution is 0.103. The molecule has 0 bridgehead atoms. The summed E-state index contributed by atoms with van der Waals surface area (Å²) in [6.45, 7) is 8.04. The normalized spacial score (nSPS) is 18.9. The average Bonchev–Trinajstić information content (AvgIpc) is 3.01. The first kappa shape index (κ1) is 14.3. The number of rotatable bonds is 5. The number of fused-ring (bicyclic) bond motifs is 1. The van der Waals surface area contributed by atoms with Crippen molar-refractivity contribution in [1.29, 1.82) is 0 Å². The minimum Gasteiger partial charge on any atom is -0.381 e. The SMILES string of the molecule is CCOC[C@@H]1CN(Cc2cc(C)on2)Cc2cn(C)nc21. The predicted molar refractivity (Wildman–Crippen MR) is 77.8 cm³/mol. The van der Waals surface area contributed by atoms with Crippen LogP contribution in [0.2, 0.25) is 0 Å². The van der Waals surface area contributed by atoms with Crippen LogP contribution in [-0.4, -0.2) is 39.6 Å². The number of aryl methyl sites for hydroxylation is 2. The van der Waals surface area contributed by atoms with Gasteiger partial charge in [0, 0.05) is 57.0 Å². The Bertz CT molecular complexity index is 605. The van der Waals surface area contributed by atoms with Gasteiger partial charge in [0.25, 0.3) is 0 Å². The van der Waals surface area contributed by atoms with Crippen LogP contribution in [-0.2, 0) is 24.9 Å². The van der Waals surface area contributed by atoms with Crippen molar-refractivity contribution < 1.29 is 9.26 Å². The van der Waals surface area contributed by atoms with Gasteiger partial charge in [0.1, 0.15) is 5.76 Å². The highest BCUT2D eigenvalue weighted by molar-refractivity contribution is 5.24. The molecule has 21 heavy (non-hydrogen) atoms. The highest BCUT2D eigenvalue weighted by Crippen LogP contribution is 2.28. The lowest BCUT2D eigenvalue weighted by atomic mass is 9.97. The van der Waals surface area contributed by atoms with Crippen LogP contribution in [0.15, 0.2) is 16.8 Å². The molecule has 0 amide bonds. The van der Waals surface area contributed by atoms with E-state index in [9.17, 15) is 0 Å². The first-order valence-electron chi connectivity index (χ1n) is 7.40. The third-order valence-electron chi connectivity index (χ3n) is 3.78. The Hall–Kier alpha value is -1.66. The van der Waals surface area contributed by atoms with Gasteiger partial charge in [0.2, 0.25) is 0 Å². The molecule has 0 saturated carbocycles. The zero-order chi connectivity index (χ0) is 14.8. The van der Waals surface area contributed by atoms with Crippen molar-refractivity contribution in [2.24, 2.45) is 7.05 Å². The summed E-state index contributed by atoms with van der Waals surface area (Å²) < 4.78 is 12.7. The first-order chi connectivity index (χ1) is 10.2. The smallest absolute Gasteiger partial charge is 0.133 e. The van der Waals surface area contributed by atoms with Crippen molar-refractivity contribution in [2.75, 3.05) is 19.8 Å². The van der Waals surface area contributed by atoms with Gasteiger partial charge in [0.05, 0.1) is 18.0 Å². The van der Waals surface area contributed by atoms with Gasteiger partial charge in [-0.2, -0.15) is 5.10 Å². The molecular weight excluding hydrogens is 268 g/mol. The minimum absolute atomic E-state index is 0.322. The number of hydrogen-bond acceptors (Lipinski definition) is 5. The van der Waals surface area contributed by atoms with E-state index in [1.54, 1.807) is 0 Å². The summed E-state index contributed by atoms with van der Waals surface area (Å²) in [5.41, 5.74) is 3.45. The van der Waals surface area contributed by atoms with E-state index in [1.807, 2.05) is 31.6 Å². The summed E-state index contributed by atoms with van der Waals surface area (Å²) in [5, 5.41) is 8.70. The van der Waals surface area contributed by atoms with Gasteiger partial charge < -0.3 is 9.26 Å².